The molecule has 2 N–H and O–H groups in total. The number of aromatic nitrogens is 2. The van der Waals surface area contributed by atoms with Gasteiger partial charge in [-0.2, -0.15) is 5.10 Å². The minimum Gasteiger partial charge on any atom is -0.282 e. The van der Waals surface area contributed by atoms with Gasteiger partial charge >= 0.3 is 0 Å². The Labute approximate surface area is 135 Å². The summed E-state index contributed by atoms with van der Waals surface area (Å²) in [5.74, 6) is 0. The van der Waals surface area contributed by atoms with Crippen molar-refractivity contribution in [3.8, 4) is 11.3 Å². The minimum absolute atomic E-state index is 0.279. The summed E-state index contributed by atoms with van der Waals surface area (Å²) in [6.07, 6.45) is 0. The number of aryl methyl sites for hydroxylation is 2. The zero-order valence-electron chi connectivity index (χ0n) is 12.9. The van der Waals surface area contributed by atoms with Gasteiger partial charge in [0.1, 0.15) is 0 Å². The SMILES string of the molecule is Cc1cc(-c2cccc(NS(=O)(=O)c3ccccc3C)c2)n[nH]1. The highest BCUT2D eigenvalue weighted by atomic mass is 32.2. The maximum atomic E-state index is 12.5. The fourth-order valence-electron chi connectivity index (χ4n) is 2.38. The van der Waals surface area contributed by atoms with Crippen molar-refractivity contribution < 1.29 is 8.42 Å². The van der Waals surface area contributed by atoms with Crippen LogP contribution in [-0.2, 0) is 10.0 Å². The molecule has 0 saturated heterocycles. The molecule has 1 heterocycles. The lowest BCUT2D eigenvalue weighted by atomic mass is 10.1. The number of anilines is 1. The molecule has 5 nitrogen and oxygen atoms in total. The second-order valence-corrected chi connectivity index (χ2v) is 7.04. The fraction of sp³-hybridized carbons (Fsp3) is 0.118. The predicted octanol–water partition coefficient (Wildman–Crippen LogP) is 3.49. The molecule has 2 aromatic carbocycles. The lowest BCUT2D eigenvalue weighted by Crippen LogP contribution is -2.14. The fourth-order valence-corrected chi connectivity index (χ4v) is 3.67. The predicted molar refractivity (Wildman–Crippen MR) is 90.7 cm³/mol. The van der Waals surface area contributed by atoms with Gasteiger partial charge in [0.15, 0.2) is 0 Å². The number of nitrogens with zero attached hydrogens (tertiary/aromatic N) is 1. The molecule has 23 heavy (non-hydrogen) atoms. The van der Waals surface area contributed by atoms with Gasteiger partial charge in [0.05, 0.1) is 10.6 Å². The average Bonchev–Trinajstić information content (AvgIpc) is 2.94. The summed E-state index contributed by atoms with van der Waals surface area (Å²) in [6.45, 7) is 3.69. The van der Waals surface area contributed by atoms with Gasteiger partial charge in [0.25, 0.3) is 10.0 Å². The zero-order chi connectivity index (χ0) is 16.4. The molecule has 118 valence electrons. The Kier molecular flexibility index (Phi) is 3.92. The van der Waals surface area contributed by atoms with Crippen molar-refractivity contribution in [2.75, 3.05) is 4.72 Å². The van der Waals surface area contributed by atoms with Gasteiger partial charge in [-0.3, -0.25) is 9.82 Å². The van der Waals surface area contributed by atoms with Crippen LogP contribution in [0.5, 0.6) is 0 Å². The molecular weight excluding hydrogens is 310 g/mol. The molecule has 0 unspecified atom stereocenters. The van der Waals surface area contributed by atoms with Crippen molar-refractivity contribution in [3.05, 3.63) is 65.9 Å². The van der Waals surface area contributed by atoms with Crippen LogP contribution in [0.4, 0.5) is 5.69 Å². The second-order valence-electron chi connectivity index (χ2n) is 5.39. The summed E-state index contributed by atoms with van der Waals surface area (Å²) < 4.78 is 27.7. The number of benzene rings is 2. The molecule has 0 atom stereocenters. The molecule has 0 spiro atoms. The maximum absolute atomic E-state index is 12.5. The summed E-state index contributed by atoms with van der Waals surface area (Å²) in [6, 6.07) is 16.0. The molecule has 0 aliphatic carbocycles. The Balaban J connectivity index is 1.93. The minimum atomic E-state index is -3.62. The standard InChI is InChI=1S/C17H17N3O2S/c1-12-6-3-4-9-17(12)23(21,22)20-15-8-5-7-14(11-15)16-10-13(2)18-19-16/h3-11,20H,1-2H3,(H,18,19). The van der Waals surface area contributed by atoms with E-state index in [9.17, 15) is 8.42 Å². The molecule has 3 rings (SSSR count). The molecule has 0 saturated carbocycles. The van der Waals surface area contributed by atoms with Crippen LogP contribution in [-0.4, -0.2) is 18.6 Å². The van der Waals surface area contributed by atoms with E-state index in [0.29, 0.717) is 11.3 Å². The Morgan fingerprint density at radius 3 is 2.48 bits per heavy atom. The van der Waals surface area contributed by atoms with Gasteiger partial charge in [0.2, 0.25) is 0 Å². The summed E-state index contributed by atoms with van der Waals surface area (Å²) in [5, 5.41) is 7.07. The van der Waals surface area contributed by atoms with Gasteiger partial charge < -0.3 is 0 Å². The number of rotatable bonds is 4. The van der Waals surface area contributed by atoms with Crippen LogP contribution >= 0.6 is 0 Å². The molecule has 0 radical (unpaired) electrons. The molecule has 6 heteroatoms. The van der Waals surface area contributed by atoms with Gasteiger partial charge in [-0.15, -0.1) is 0 Å². The highest BCUT2D eigenvalue weighted by molar-refractivity contribution is 7.92. The first-order valence-electron chi connectivity index (χ1n) is 7.16. The van der Waals surface area contributed by atoms with Crippen molar-refractivity contribution >= 4 is 15.7 Å². The lowest BCUT2D eigenvalue weighted by molar-refractivity contribution is 0.600. The van der Waals surface area contributed by atoms with Gasteiger partial charge in [0, 0.05) is 16.9 Å². The van der Waals surface area contributed by atoms with Crippen LogP contribution in [0.1, 0.15) is 11.3 Å². The number of hydrogen-bond donors (Lipinski definition) is 2. The van der Waals surface area contributed by atoms with E-state index in [2.05, 4.69) is 14.9 Å². The number of H-pyrrole nitrogens is 1. The second kappa shape index (κ2) is 5.89. The summed E-state index contributed by atoms with van der Waals surface area (Å²) >= 11 is 0. The van der Waals surface area contributed by atoms with E-state index in [4.69, 9.17) is 0 Å². The number of aromatic amines is 1. The van der Waals surface area contributed by atoms with Crippen LogP contribution in [0.25, 0.3) is 11.3 Å². The maximum Gasteiger partial charge on any atom is 0.262 e. The van der Waals surface area contributed by atoms with Crippen LogP contribution in [0, 0.1) is 13.8 Å². The highest BCUT2D eigenvalue weighted by Crippen LogP contribution is 2.24. The first-order valence-corrected chi connectivity index (χ1v) is 8.65. The largest absolute Gasteiger partial charge is 0.282 e. The van der Waals surface area contributed by atoms with E-state index in [1.807, 2.05) is 25.1 Å². The Bertz CT molecular complexity index is 946. The Morgan fingerprint density at radius 2 is 1.78 bits per heavy atom. The topological polar surface area (TPSA) is 74.8 Å². The lowest BCUT2D eigenvalue weighted by Gasteiger charge is -2.11. The van der Waals surface area contributed by atoms with E-state index in [-0.39, 0.29) is 4.90 Å². The van der Waals surface area contributed by atoms with E-state index in [0.717, 1.165) is 17.0 Å². The third kappa shape index (κ3) is 3.27. The molecular formula is C17H17N3O2S. The van der Waals surface area contributed by atoms with Crippen molar-refractivity contribution in [3.63, 3.8) is 0 Å². The zero-order valence-corrected chi connectivity index (χ0v) is 13.7. The van der Waals surface area contributed by atoms with Crippen molar-refractivity contribution in [2.24, 2.45) is 0 Å². The van der Waals surface area contributed by atoms with Crippen molar-refractivity contribution in [1.82, 2.24) is 10.2 Å². The summed E-state index contributed by atoms with van der Waals surface area (Å²) in [5.41, 5.74) is 3.79. The Morgan fingerprint density at radius 1 is 1.00 bits per heavy atom. The van der Waals surface area contributed by atoms with E-state index in [1.165, 1.54) is 0 Å². The van der Waals surface area contributed by atoms with Crippen LogP contribution in [0.3, 0.4) is 0 Å². The number of hydrogen-bond acceptors (Lipinski definition) is 3. The van der Waals surface area contributed by atoms with Crippen LogP contribution < -0.4 is 4.72 Å². The van der Waals surface area contributed by atoms with Crippen molar-refractivity contribution in [1.29, 1.82) is 0 Å². The quantitative estimate of drug-likeness (QED) is 0.770. The molecule has 0 amide bonds. The smallest absolute Gasteiger partial charge is 0.262 e. The number of nitrogens with one attached hydrogen (secondary N) is 2. The summed E-state index contributed by atoms with van der Waals surface area (Å²) in [7, 11) is -3.62. The van der Waals surface area contributed by atoms with E-state index >= 15 is 0 Å². The summed E-state index contributed by atoms with van der Waals surface area (Å²) in [4.78, 5) is 0.279. The Hall–Kier alpha value is -2.60. The van der Waals surface area contributed by atoms with E-state index in [1.54, 1.807) is 43.3 Å². The molecule has 1 aromatic heterocycles. The van der Waals surface area contributed by atoms with Crippen molar-refractivity contribution in [2.45, 2.75) is 18.7 Å². The molecule has 0 bridgehead atoms. The van der Waals surface area contributed by atoms with Gasteiger partial charge in [-0.05, 0) is 43.7 Å². The van der Waals surface area contributed by atoms with Crippen LogP contribution in [0.2, 0.25) is 0 Å². The normalized spacial score (nSPS) is 11.4. The van der Waals surface area contributed by atoms with Gasteiger partial charge in [-0.25, -0.2) is 8.42 Å². The van der Waals surface area contributed by atoms with Gasteiger partial charge in [-0.1, -0.05) is 30.3 Å². The first kappa shape index (κ1) is 15.3. The monoisotopic (exact) mass is 327 g/mol. The van der Waals surface area contributed by atoms with Crippen LogP contribution in [0.15, 0.2) is 59.5 Å². The highest BCUT2D eigenvalue weighted by Gasteiger charge is 2.16. The molecule has 0 aliphatic heterocycles. The van der Waals surface area contributed by atoms with E-state index < -0.39 is 10.0 Å². The third-order valence-electron chi connectivity index (χ3n) is 3.50. The first-order chi connectivity index (χ1) is 11.0. The molecule has 3 aromatic rings. The molecule has 0 fully saturated rings. The number of sulfonamides is 1. The average molecular weight is 327 g/mol. The third-order valence-corrected chi connectivity index (χ3v) is 5.04. The molecule has 0 aliphatic rings.